The van der Waals surface area contributed by atoms with Crippen molar-refractivity contribution in [1.29, 1.82) is 0 Å². The summed E-state index contributed by atoms with van der Waals surface area (Å²) in [6, 6.07) is 33.6. The molecule has 3 heterocycles. The van der Waals surface area contributed by atoms with Gasteiger partial charge >= 0.3 is 11.9 Å². The van der Waals surface area contributed by atoms with E-state index in [-0.39, 0.29) is 12.8 Å². The number of hydrogen-bond donors (Lipinski definition) is 2. The maximum Gasteiger partial charge on any atom is 0.303 e. The van der Waals surface area contributed by atoms with Gasteiger partial charge in [-0.2, -0.15) is 0 Å². The van der Waals surface area contributed by atoms with Crippen molar-refractivity contribution in [3.8, 4) is 0 Å². The number of aliphatic carboxylic acids is 2. The number of aliphatic imine (C=N–C) groups is 1. The standard InChI is InChI=1S/C35H39N3S.C4H6O4/c1-26(2)33-24-31-34(39-33)23-29-15-9-10-16-32(29)36-35(31)38-22-21-37(20-19-28-13-7-4-8-14-28)30(25-38)18-17-27-11-5-3-6-12-27;5-3(6)1-2-4(7)8/h3-16,24,26,30H,17-23,25H2,1-2H3;1-2H2,(H,5,6)(H,7,8)/t30-;/m0./s1. The summed E-state index contributed by atoms with van der Waals surface area (Å²) >= 11 is 1.98. The van der Waals surface area contributed by atoms with Gasteiger partial charge in [-0.3, -0.25) is 14.5 Å². The molecule has 0 aliphatic carbocycles. The van der Waals surface area contributed by atoms with Gasteiger partial charge in [-0.05, 0) is 54.0 Å². The third kappa shape index (κ3) is 9.62. The number of nitrogens with zero attached hydrogens (tertiary/aromatic N) is 3. The largest absolute Gasteiger partial charge is 0.481 e. The predicted molar refractivity (Wildman–Crippen MR) is 190 cm³/mol. The van der Waals surface area contributed by atoms with Crippen LogP contribution in [0.15, 0.2) is 96.0 Å². The quantitative estimate of drug-likeness (QED) is 0.183. The van der Waals surface area contributed by atoms with Crippen LogP contribution in [0.2, 0.25) is 0 Å². The van der Waals surface area contributed by atoms with Crippen LogP contribution in [-0.4, -0.2) is 70.0 Å². The molecule has 7 nitrogen and oxygen atoms in total. The number of rotatable bonds is 10. The lowest BCUT2D eigenvalue weighted by Gasteiger charge is -2.43. The van der Waals surface area contributed by atoms with Crippen LogP contribution < -0.4 is 0 Å². The van der Waals surface area contributed by atoms with Crippen LogP contribution in [0.25, 0.3) is 0 Å². The molecule has 0 amide bonds. The predicted octanol–water partition coefficient (Wildman–Crippen LogP) is 7.65. The van der Waals surface area contributed by atoms with Crippen LogP contribution in [-0.2, 0) is 28.9 Å². The van der Waals surface area contributed by atoms with Gasteiger partial charge in [0.1, 0.15) is 5.84 Å². The fourth-order valence-corrected chi connectivity index (χ4v) is 7.36. The van der Waals surface area contributed by atoms with E-state index in [4.69, 9.17) is 15.2 Å². The Morgan fingerprint density at radius 3 is 2.11 bits per heavy atom. The lowest BCUT2D eigenvalue weighted by atomic mass is 10.00. The number of carboxylic acid groups (broad SMARTS) is 2. The first kappa shape index (κ1) is 34.1. The summed E-state index contributed by atoms with van der Waals surface area (Å²) < 4.78 is 0. The molecule has 47 heavy (non-hydrogen) atoms. The highest BCUT2D eigenvalue weighted by Crippen LogP contribution is 2.37. The first-order valence-electron chi connectivity index (χ1n) is 16.6. The second-order valence-electron chi connectivity index (χ2n) is 12.6. The molecular formula is C39H45N3O4S. The van der Waals surface area contributed by atoms with Crippen LogP contribution in [0.4, 0.5) is 5.69 Å². The SMILES string of the molecule is CC(C)c1cc2c(s1)Cc1ccccc1N=C2N1CCN(CCc2ccccc2)[C@@H](CCc2ccccc2)C1.O=C(O)CCC(=O)O. The Hall–Kier alpha value is -4.27. The maximum absolute atomic E-state index is 9.64. The summed E-state index contributed by atoms with van der Waals surface area (Å²) in [5, 5.41) is 15.8. The number of hydrogen-bond acceptors (Lipinski definition) is 6. The average molecular weight is 652 g/mol. The van der Waals surface area contributed by atoms with Crippen LogP contribution in [0.5, 0.6) is 0 Å². The van der Waals surface area contributed by atoms with Crippen molar-refractivity contribution in [2.45, 2.75) is 64.3 Å². The number of amidine groups is 1. The summed E-state index contributed by atoms with van der Waals surface area (Å²) in [7, 11) is 0. The Labute approximate surface area is 282 Å². The lowest BCUT2D eigenvalue weighted by Crippen LogP contribution is -2.55. The van der Waals surface area contributed by atoms with Crippen molar-refractivity contribution in [3.63, 3.8) is 0 Å². The van der Waals surface area contributed by atoms with E-state index in [0.717, 1.165) is 57.5 Å². The second kappa shape index (κ2) is 16.5. The van der Waals surface area contributed by atoms with Gasteiger partial charge in [0, 0.05) is 54.0 Å². The summed E-state index contributed by atoms with van der Waals surface area (Å²) in [6.45, 7) is 8.83. The highest BCUT2D eigenvalue weighted by molar-refractivity contribution is 7.12. The Kier molecular flexibility index (Phi) is 12.0. The number of para-hydroxylation sites is 1. The van der Waals surface area contributed by atoms with Gasteiger partial charge in [-0.15, -0.1) is 11.3 Å². The molecule has 1 aromatic heterocycles. The molecule has 1 saturated heterocycles. The number of aryl methyl sites for hydroxylation is 1. The fourth-order valence-electron chi connectivity index (χ4n) is 6.17. The minimum Gasteiger partial charge on any atom is -0.481 e. The second-order valence-corrected chi connectivity index (χ2v) is 13.7. The molecule has 0 saturated carbocycles. The summed E-state index contributed by atoms with van der Waals surface area (Å²) in [5.41, 5.74) is 6.69. The minimum atomic E-state index is -1.08. The number of piperazine rings is 1. The Balaban J connectivity index is 0.000000483. The molecule has 1 fully saturated rings. The lowest BCUT2D eigenvalue weighted by molar-refractivity contribution is -0.143. The van der Waals surface area contributed by atoms with Crippen molar-refractivity contribution in [3.05, 3.63) is 123 Å². The average Bonchev–Trinajstić information content (AvgIpc) is 3.43. The van der Waals surface area contributed by atoms with Crippen molar-refractivity contribution < 1.29 is 19.8 Å². The van der Waals surface area contributed by atoms with Crippen molar-refractivity contribution in [2.24, 2.45) is 4.99 Å². The Morgan fingerprint density at radius 2 is 1.47 bits per heavy atom. The van der Waals surface area contributed by atoms with E-state index in [0.29, 0.717) is 12.0 Å². The van der Waals surface area contributed by atoms with Crippen LogP contribution >= 0.6 is 11.3 Å². The zero-order valence-electron chi connectivity index (χ0n) is 27.3. The first-order chi connectivity index (χ1) is 22.8. The van der Waals surface area contributed by atoms with Gasteiger partial charge in [-0.1, -0.05) is 92.7 Å². The van der Waals surface area contributed by atoms with Gasteiger partial charge in [0.2, 0.25) is 0 Å². The molecule has 3 aromatic carbocycles. The molecular weight excluding hydrogens is 607 g/mol. The van der Waals surface area contributed by atoms with E-state index < -0.39 is 11.9 Å². The van der Waals surface area contributed by atoms with Crippen molar-refractivity contribution >= 4 is 34.8 Å². The first-order valence-corrected chi connectivity index (χ1v) is 17.4. The van der Waals surface area contributed by atoms with Crippen molar-refractivity contribution in [1.82, 2.24) is 9.80 Å². The van der Waals surface area contributed by atoms with Crippen molar-refractivity contribution in [2.75, 3.05) is 26.2 Å². The van der Waals surface area contributed by atoms with Gasteiger partial charge in [0.25, 0.3) is 0 Å². The minimum absolute atomic E-state index is 0.296. The molecule has 246 valence electrons. The number of thiophene rings is 1. The fraction of sp³-hybridized carbons (Fsp3) is 0.359. The third-order valence-corrected chi connectivity index (χ3v) is 10.2. The number of carboxylic acids is 2. The van der Waals surface area contributed by atoms with Gasteiger partial charge in [0.05, 0.1) is 18.5 Å². The topological polar surface area (TPSA) is 93.4 Å². The molecule has 2 aliphatic rings. The summed E-state index contributed by atoms with van der Waals surface area (Å²) in [6.07, 6.45) is 3.75. The zero-order chi connectivity index (χ0) is 33.2. The smallest absolute Gasteiger partial charge is 0.303 e. The molecule has 0 unspecified atom stereocenters. The van der Waals surface area contributed by atoms with Gasteiger partial charge < -0.3 is 15.1 Å². The molecule has 4 aromatic rings. The van der Waals surface area contributed by atoms with E-state index in [1.165, 1.54) is 37.8 Å². The van der Waals surface area contributed by atoms with E-state index in [1.54, 1.807) is 0 Å². The number of fused-ring (bicyclic) bond motifs is 2. The zero-order valence-corrected chi connectivity index (χ0v) is 28.2. The van der Waals surface area contributed by atoms with Crippen LogP contribution in [0.3, 0.4) is 0 Å². The van der Waals surface area contributed by atoms with E-state index in [1.807, 2.05) is 11.3 Å². The molecule has 0 bridgehead atoms. The third-order valence-electron chi connectivity index (χ3n) is 8.80. The highest BCUT2D eigenvalue weighted by atomic mass is 32.1. The molecule has 8 heteroatoms. The molecule has 2 N–H and O–H groups in total. The summed E-state index contributed by atoms with van der Waals surface area (Å²) in [4.78, 5) is 32.9. The summed E-state index contributed by atoms with van der Waals surface area (Å²) in [5.74, 6) is -0.433. The van der Waals surface area contributed by atoms with Crippen LogP contribution in [0.1, 0.15) is 71.0 Å². The van der Waals surface area contributed by atoms with Gasteiger partial charge in [0.15, 0.2) is 0 Å². The van der Waals surface area contributed by atoms with E-state index >= 15 is 0 Å². The Bertz CT molecular complexity index is 1640. The molecule has 0 spiro atoms. The van der Waals surface area contributed by atoms with Crippen LogP contribution in [0, 0.1) is 0 Å². The molecule has 1 atom stereocenters. The highest BCUT2D eigenvalue weighted by Gasteiger charge is 2.31. The normalized spacial score (nSPS) is 15.9. The van der Waals surface area contributed by atoms with Gasteiger partial charge in [-0.25, -0.2) is 4.99 Å². The Morgan fingerprint density at radius 1 is 0.851 bits per heavy atom. The van der Waals surface area contributed by atoms with E-state index in [9.17, 15) is 9.59 Å². The number of carbonyl (C=O) groups is 2. The number of benzene rings is 3. The molecule has 0 radical (unpaired) electrons. The monoisotopic (exact) mass is 651 g/mol. The molecule has 6 rings (SSSR count). The molecule has 2 aliphatic heterocycles. The maximum atomic E-state index is 9.64. The van der Waals surface area contributed by atoms with E-state index in [2.05, 4.69) is 115 Å².